The molecule has 0 fully saturated rings. The average molecular weight is 355 g/mol. The highest BCUT2D eigenvalue weighted by atomic mass is 32.1. The molecule has 1 heterocycles. The molecule has 0 radical (unpaired) electrons. The van der Waals surface area contributed by atoms with Crippen LogP contribution in [0.1, 0.15) is 35.1 Å². The lowest BCUT2D eigenvalue weighted by atomic mass is 9.78. The zero-order valence-electron chi connectivity index (χ0n) is 14.2. The van der Waals surface area contributed by atoms with Crippen molar-refractivity contribution in [1.82, 2.24) is 0 Å². The van der Waals surface area contributed by atoms with Gasteiger partial charge >= 0.3 is 5.13 Å². The molecule has 0 amide bonds. The lowest BCUT2D eigenvalue weighted by Gasteiger charge is -2.26. The Morgan fingerprint density at radius 1 is 1.08 bits per heavy atom. The molecule has 0 aliphatic rings. The number of nitrogen functional groups attached to an aromatic ring is 1. The van der Waals surface area contributed by atoms with Crippen molar-refractivity contribution >= 4 is 16.5 Å². The van der Waals surface area contributed by atoms with Crippen LogP contribution in [-0.4, -0.2) is 18.8 Å². The number of hydrogen-bond donors (Lipinski definition) is 2. The first-order valence-electron chi connectivity index (χ1n) is 8.29. The summed E-state index contributed by atoms with van der Waals surface area (Å²) in [5, 5.41) is 12.4. The number of nitrogens with two attached hydrogens (primary N) is 1. The van der Waals surface area contributed by atoms with Crippen LogP contribution in [0.4, 0.5) is 5.13 Å². The summed E-state index contributed by atoms with van der Waals surface area (Å²) >= 11 is 1.50. The molecule has 3 aromatic rings. The van der Waals surface area contributed by atoms with Crippen LogP contribution in [0.3, 0.4) is 0 Å². The number of aliphatic hydroxyl groups is 1. The van der Waals surface area contributed by atoms with Gasteiger partial charge in [-0.05, 0) is 29.7 Å². The van der Waals surface area contributed by atoms with Crippen molar-refractivity contribution in [2.45, 2.75) is 18.3 Å². The molecule has 2 atom stereocenters. The first-order chi connectivity index (χ1) is 12.2. The Morgan fingerprint density at radius 3 is 2.36 bits per heavy atom. The third-order valence-electron chi connectivity index (χ3n) is 4.46. The van der Waals surface area contributed by atoms with Crippen molar-refractivity contribution in [2.75, 3.05) is 19.5 Å². The number of nitrogens with one attached hydrogen (secondary N) is 1. The fourth-order valence-corrected chi connectivity index (χ4v) is 3.92. The molecule has 2 aromatic carbocycles. The minimum Gasteiger partial charge on any atom is -0.497 e. The molecule has 0 saturated carbocycles. The summed E-state index contributed by atoms with van der Waals surface area (Å²) in [6.07, 6.45) is 0.671. The van der Waals surface area contributed by atoms with E-state index in [4.69, 9.17) is 10.5 Å². The van der Waals surface area contributed by atoms with Crippen molar-refractivity contribution in [2.24, 2.45) is 0 Å². The highest BCUT2D eigenvalue weighted by molar-refractivity contribution is 7.13. The van der Waals surface area contributed by atoms with Gasteiger partial charge in [-0.15, -0.1) is 0 Å². The normalized spacial score (nSPS) is 13.4. The number of hydrogen-bond acceptors (Lipinski definition) is 4. The lowest BCUT2D eigenvalue weighted by molar-refractivity contribution is -0.369. The molecule has 2 unspecified atom stereocenters. The van der Waals surface area contributed by atoms with E-state index in [9.17, 15) is 5.11 Å². The third kappa shape index (κ3) is 4.00. The van der Waals surface area contributed by atoms with Crippen molar-refractivity contribution in [1.29, 1.82) is 0 Å². The van der Waals surface area contributed by atoms with E-state index in [2.05, 4.69) is 34.6 Å². The number of benzene rings is 2. The quantitative estimate of drug-likeness (QED) is 0.682. The van der Waals surface area contributed by atoms with Gasteiger partial charge in [0.2, 0.25) is 0 Å². The Hall–Kier alpha value is -2.37. The van der Waals surface area contributed by atoms with Crippen LogP contribution in [0.2, 0.25) is 0 Å². The van der Waals surface area contributed by atoms with E-state index in [0.717, 1.165) is 17.0 Å². The van der Waals surface area contributed by atoms with Crippen LogP contribution in [0.15, 0.2) is 60.0 Å². The minimum atomic E-state index is 0.0778. The summed E-state index contributed by atoms with van der Waals surface area (Å²) in [6, 6.07) is 18.4. The predicted molar refractivity (Wildman–Crippen MR) is 101 cm³/mol. The smallest absolute Gasteiger partial charge is 0.329 e. The van der Waals surface area contributed by atoms with E-state index in [1.54, 1.807) is 7.11 Å². The summed E-state index contributed by atoms with van der Waals surface area (Å²) in [5.41, 5.74) is 9.38. The van der Waals surface area contributed by atoms with Crippen LogP contribution < -0.4 is 15.5 Å². The minimum absolute atomic E-state index is 0.0778. The predicted octanol–water partition coefficient (Wildman–Crippen LogP) is 3.45. The number of aromatic nitrogens is 1. The van der Waals surface area contributed by atoms with E-state index in [1.807, 2.05) is 30.3 Å². The van der Waals surface area contributed by atoms with Crippen LogP contribution in [0.25, 0.3) is 0 Å². The fourth-order valence-electron chi connectivity index (χ4n) is 3.28. The Kier molecular flexibility index (Phi) is 5.68. The van der Waals surface area contributed by atoms with E-state index in [-0.39, 0.29) is 18.4 Å². The molecular weight excluding hydrogens is 332 g/mol. The molecule has 4 nitrogen and oxygen atoms in total. The van der Waals surface area contributed by atoms with Gasteiger partial charge < -0.3 is 9.84 Å². The number of H-pyrrole nitrogens is 1. The highest BCUT2D eigenvalue weighted by Crippen LogP contribution is 2.40. The van der Waals surface area contributed by atoms with Gasteiger partial charge in [0, 0.05) is 17.9 Å². The zero-order valence-corrected chi connectivity index (χ0v) is 15.0. The molecule has 3 rings (SSSR count). The average Bonchev–Trinajstić information content (AvgIpc) is 3.08. The zero-order chi connectivity index (χ0) is 17.6. The van der Waals surface area contributed by atoms with E-state index in [0.29, 0.717) is 11.6 Å². The summed E-state index contributed by atoms with van der Waals surface area (Å²) in [5.74, 6) is 1.05. The standard InChI is InChI=1S/C20H22N2O2S/c1-24-16-9-7-15(8-10-16)19(18-13-25-20(21)22-18)17(11-12-23)14-5-3-2-4-6-14/h2-10,13,17,19,23H,11-12H2,1H3,(H2,21,22)/p+1. The second kappa shape index (κ2) is 8.14. The van der Waals surface area contributed by atoms with Gasteiger partial charge in [-0.1, -0.05) is 53.8 Å². The SMILES string of the molecule is COc1ccc(C(c2csc(N)[nH+]2)C(CCO)c2ccccc2)cc1. The number of anilines is 1. The van der Waals surface area contributed by atoms with Crippen molar-refractivity contribution in [3.05, 3.63) is 76.8 Å². The first kappa shape index (κ1) is 17.5. The summed E-state index contributed by atoms with van der Waals surface area (Å²) in [7, 11) is 1.67. The monoisotopic (exact) mass is 355 g/mol. The number of aliphatic hydroxyl groups excluding tert-OH is 1. The van der Waals surface area contributed by atoms with E-state index >= 15 is 0 Å². The maximum absolute atomic E-state index is 9.68. The van der Waals surface area contributed by atoms with Crippen LogP contribution in [0, 0.1) is 0 Å². The number of aromatic amines is 1. The highest BCUT2D eigenvalue weighted by Gasteiger charge is 2.29. The Bertz CT molecular complexity index is 787. The Morgan fingerprint density at radius 2 is 1.80 bits per heavy atom. The van der Waals surface area contributed by atoms with Gasteiger partial charge in [0.15, 0.2) is 0 Å². The molecule has 0 saturated heterocycles. The van der Waals surface area contributed by atoms with Gasteiger partial charge in [-0.2, -0.15) is 0 Å². The molecule has 4 N–H and O–H groups in total. The molecular formula is C20H23N2O2S+. The molecule has 0 aliphatic heterocycles. The number of methoxy groups -OCH3 is 1. The van der Waals surface area contributed by atoms with Crippen molar-refractivity contribution in [3.8, 4) is 5.75 Å². The molecule has 25 heavy (non-hydrogen) atoms. The topological polar surface area (TPSA) is 69.6 Å². The molecule has 0 bridgehead atoms. The second-order valence-corrected chi connectivity index (χ2v) is 6.87. The number of rotatable bonds is 7. The molecule has 130 valence electrons. The molecule has 0 aliphatic carbocycles. The molecule has 5 heteroatoms. The maximum Gasteiger partial charge on any atom is 0.329 e. The van der Waals surface area contributed by atoms with Crippen LogP contribution in [-0.2, 0) is 0 Å². The number of ether oxygens (including phenoxy) is 1. The summed E-state index contributed by atoms with van der Waals surface area (Å²) in [4.78, 5) is 3.30. The fraction of sp³-hybridized carbons (Fsp3) is 0.250. The van der Waals surface area contributed by atoms with Gasteiger partial charge in [0.1, 0.15) is 11.4 Å². The summed E-state index contributed by atoms with van der Waals surface area (Å²) in [6.45, 7) is 0.131. The maximum atomic E-state index is 9.68. The first-order valence-corrected chi connectivity index (χ1v) is 9.17. The van der Waals surface area contributed by atoms with E-state index < -0.39 is 0 Å². The van der Waals surface area contributed by atoms with Crippen molar-refractivity contribution in [3.63, 3.8) is 0 Å². The molecule has 0 spiro atoms. The van der Waals surface area contributed by atoms with Gasteiger partial charge in [-0.25, -0.2) is 4.98 Å². The van der Waals surface area contributed by atoms with Crippen LogP contribution >= 0.6 is 11.3 Å². The van der Waals surface area contributed by atoms with Crippen molar-refractivity contribution < 1.29 is 14.8 Å². The molecule has 1 aromatic heterocycles. The Labute approximate surface area is 151 Å². The lowest BCUT2D eigenvalue weighted by Crippen LogP contribution is -2.21. The largest absolute Gasteiger partial charge is 0.497 e. The summed E-state index contributed by atoms with van der Waals surface area (Å²) < 4.78 is 5.29. The third-order valence-corrected chi connectivity index (χ3v) is 5.19. The van der Waals surface area contributed by atoms with Gasteiger partial charge in [0.25, 0.3) is 0 Å². The van der Waals surface area contributed by atoms with Gasteiger partial charge in [-0.3, -0.25) is 5.73 Å². The van der Waals surface area contributed by atoms with E-state index in [1.165, 1.54) is 16.9 Å². The second-order valence-electron chi connectivity index (χ2n) is 5.96. The Balaban J connectivity index is 2.07. The van der Waals surface area contributed by atoms with Crippen LogP contribution in [0.5, 0.6) is 5.75 Å². The van der Waals surface area contributed by atoms with Gasteiger partial charge in [0.05, 0.1) is 13.0 Å². The number of thiazole rings is 1.